The molecule has 23 heavy (non-hydrogen) atoms. The zero-order valence-electron chi connectivity index (χ0n) is 14.9. The average Bonchev–Trinajstić information content (AvgIpc) is 2.98. The summed E-state index contributed by atoms with van der Waals surface area (Å²) in [6.45, 7) is 9.37. The Bertz CT molecular complexity index is 571. The van der Waals surface area contributed by atoms with Gasteiger partial charge < -0.3 is 4.74 Å². The molecule has 0 N–H and O–H groups in total. The molecule has 3 fully saturated rings. The molecule has 3 nitrogen and oxygen atoms in total. The molecular weight excluding hydrogens is 286 g/mol. The van der Waals surface area contributed by atoms with E-state index < -0.39 is 5.97 Å². The maximum atomic E-state index is 12.0. The summed E-state index contributed by atoms with van der Waals surface area (Å²) in [5, 5.41) is 9.42. The largest absolute Gasteiger partial charge is 0.462 e. The fraction of sp³-hybridized carbons (Fsp3) is 0.800. The van der Waals surface area contributed by atoms with Crippen LogP contribution < -0.4 is 0 Å². The average molecular weight is 315 g/mol. The van der Waals surface area contributed by atoms with Gasteiger partial charge in [-0.2, -0.15) is 5.26 Å². The standard InChI is InChI=1S/C20H29NO2/c1-5-23-18(22)13(12-21)11-16-14-7-8-15-17(14)19(2,3)9-6-10-20(15,16)4/h11,14-17H,5-10H2,1-4H3/b13-11+. The number of esters is 1. The number of nitriles is 1. The maximum Gasteiger partial charge on any atom is 0.348 e. The van der Waals surface area contributed by atoms with Crippen molar-refractivity contribution in [1.82, 2.24) is 0 Å². The lowest BCUT2D eigenvalue weighted by atomic mass is 9.64. The summed E-state index contributed by atoms with van der Waals surface area (Å²) in [5.41, 5.74) is 0.839. The van der Waals surface area contributed by atoms with E-state index in [9.17, 15) is 10.1 Å². The first-order valence-corrected chi connectivity index (χ1v) is 9.14. The first kappa shape index (κ1) is 16.6. The smallest absolute Gasteiger partial charge is 0.348 e. The molecule has 126 valence electrons. The van der Waals surface area contributed by atoms with Gasteiger partial charge in [0, 0.05) is 0 Å². The minimum Gasteiger partial charge on any atom is -0.462 e. The van der Waals surface area contributed by atoms with Crippen LogP contribution in [0.25, 0.3) is 0 Å². The van der Waals surface area contributed by atoms with Crippen LogP contribution in [0.2, 0.25) is 0 Å². The van der Waals surface area contributed by atoms with Gasteiger partial charge in [0.1, 0.15) is 11.6 Å². The van der Waals surface area contributed by atoms with E-state index in [0.29, 0.717) is 23.9 Å². The molecule has 5 unspecified atom stereocenters. The van der Waals surface area contributed by atoms with Gasteiger partial charge in [0.25, 0.3) is 0 Å². The number of nitrogens with zero attached hydrogens (tertiary/aromatic N) is 1. The summed E-state index contributed by atoms with van der Waals surface area (Å²) in [6.07, 6.45) is 8.33. The van der Waals surface area contributed by atoms with Crippen molar-refractivity contribution in [3.63, 3.8) is 0 Å². The molecule has 0 saturated heterocycles. The summed E-state index contributed by atoms with van der Waals surface area (Å²) in [7, 11) is 0. The highest BCUT2D eigenvalue weighted by Crippen LogP contribution is 2.71. The minimum atomic E-state index is -0.451. The van der Waals surface area contributed by atoms with Crippen LogP contribution in [0.5, 0.6) is 0 Å². The Labute approximate surface area is 140 Å². The molecule has 3 aliphatic carbocycles. The predicted molar refractivity (Wildman–Crippen MR) is 89.3 cm³/mol. The number of hydrogen-bond acceptors (Lipinski definition) is 3. The zero-order chi connectivity index (χ0) is 16.8. The highest BCUT2D eigenvalue weighted by molar-refractivity contribution is 5.92. The van der Waals surface area contributed by atoms with Crippen molar-refractivity contribution < 1.29 is 9.53 Å². The van der Waals surface area contributed by atoms with E-state index in [1.54, 1.807) is 6.92 Å². The lowest BCUT2D eigenvalue weighted by molar-refractivity contribution is -0.138. The maximum absolute atomic E-state index is 12.0. The fourth-order valence-corrected chi connectivity index (χ4v) is 6.33. The van der Waals surface area contributed by atoms with E-state index in [1.807, 2.05) is 6.08 Å². The number of rotatable bonds is 3. The van der Waals surface area contributed by atoms with Gasteiger partial charge in [0.15, 0.2) is 0 Å². The van der Waals surface area contributed by atoms with Gasteiger partial charge in [-0.05, 0) is 67.1 Å². The SMILES string of the molecule is CCOC(=O)/C(C#N)=C/C1C2CCC3C2C(C)(C)CCCC13C. The molecule has 0 aromatic heterocycles. The molecule has 3 heteroatoms. The Morgan fingerprint density at radius 2 is 2.04 bits per heavy atom. The second-order valence-electron chi connectivity index (χ2n) is 8.66. The van der Waals surface area contributed by atoms with Crippen molar-refractivity contribution in [1.29, 1.82) is 5.26 Å². The van der Waals surface area contributed by atoms with Gasteiger partial charge >= 0.3 is 5.97 Å². The zero-order valence-corrected chi connectivity index (χ0v) is 14.9. The van der Waals surface area contributed by atoms with E-state index in [4.69, 9.17) is 4.74 Å². The summed E-state index contributed by atoms with van der Waals surface area (Å²) < 4.78 is 5.07. The van der Waals surface area contributed by atoms with Crippen molar-refractivity contribution >= 4 is 5.97 Å². The van der Waals surface area contributed by atoms with Crippen LogP contribution in [-0.2, 0) is 9.53 Å². The Morgan fingerprint density at radius 3 is 2.70 bits per heavy atom. The normalized spacial score (nSPS) is 41.3. The topological polar surface area (TPSA) is 50.1 Å². The summed E-state index contributed by atoms with van der Waals surface area (Å²) in [4.78, 5) is 12.0. The summed E-state index contributed by atoms with van der Waals surface area (Å²) in [5.74, 6) is 2.00. The third-order valence-corrected chi connectivity index (χ3v) is 7.18. The van der Waals surface area contributed by atoms with Gasteiger partial charge in [-0.25, -0.2) is 4.79 Å². The molecule has 3 saturated carbocycles. The number of allylic oxidation sites excluding steroid dienone is 1. The van der Waals surface area contributed by atoms with Crippen molar-refractivity contribution in [2.24, 2.45) is 34.5 Å². The molecule has 0 aromatic carbocycles. The highest BCUT2D eigenvalue weighted by atomic mass is 16.5. The molecule has 0 radical (unpaired) electrons. The monoisotopic (exact) mass is 315 g/mol. The summed E-state index contributed by atoms with van der Waals surface area (Å²) >= 11 is 0. The van der Waals surface area contributed by atoms with Crippen molar-refractivity contribution in [2.45, 2.75) is 59.8 Å². The van der Waals surface area contributed by atoms with E-state index in [-0.39, 0.29) is 11.0 Å². The fourth-order valence-electron chi connectivity index (χ4n) is 6.33. The van der Waals surface area contributed by atoms with Crippen molar-refractivity contribution in [2.75, 3.05) is 6.61 Å². The van der Waals surface area contributed by atoms with E-state index >= 15 is 0 Å². The molecule has 0 heterocycles. The number of hydrogen-bond donors (Lipinski definition) is 0. The van der Waals surface area contributed by atoms with Gasteiger partial charge in [0.2, 0.25) is 0 Å². The van der Waals surface area contributed by atoms with E-state index in [2.05, 4.69) is 26.8 Å². The van der Waals surface area contributed by atoms with Crippen LogP contribution in [0.4, 0.5) is 0 Å². The number of ether oxygens (including phenoxy) is 1. The number of carbonyl (C=O) groups is 1. The molecule has 0 amide bonds. The molecule has 3 rings (SSSR count). The van der Waals surface area contributed by atoms with Gasteiger partial charge in [-0.1, -0.05) is 33.3 Å². The molecule has 0 aliphatic heterocycles. The van der Waals surface area contributed by atoms with Gasteiger partial charge in [-0.15, -0.1) is 0 Å². The molecule has 3 aliphatic rings. The van der Waals surface area contributed by atoms with Crippen LogP contribution >= 0.6 is 0 Å². The van der Waals surface area contributed by atoms with Crippen LogP contribution in [0, 0.1) is 45.8 Å². The quantitative estimate of drug-likeness (QED) is 0.438. The third-order valence-electron chi connectivity index (χ3n) is 7.18. The lowest BCUT2D eigenvalue weighted by Gasteiger charge is -2.40. The van der Waals surface area contributed by atoms with Crippen LogP contribution in [0.15, 0.2) is 11.6 Å². The minimum absolute atomic E-state index is 0.216. The van der Waals surface area contributed by atoms with Crippen molar-refractivity contribution in [3.05, 3.63) is 11.6 Å². The predicted octanol–water partition coefficient (Wildman–Crippen LogP) is 4.49. The van der Waals surface area contributed by atoms with E-state index in [0.717, 1.165) is 11.8 Å². The van der Waals surface area contributed by atoms with Gasteiger partial charge in [0.05, 0.1) is 6.61 Å². The molecule has 5 atom stereocenters. The lowest BCUT2D eigenvalue weighted by Crippen LogP contribution is -2.33. The Morgan fingerprint density at radius 1 is 1.30 bits per heavy atom. The number of carbonyl (C=O) groups excluding carboxylic acids is 1. The Balaban J connectivity index is 1.98. The van der Waals surface area contributed by atoms with Gasteiger partial charge in [-0.3, -0.25) is 0 Å². The van der Waals surface area contributed by atoms with Crippen LogP contribution in [-0.4, -0.2) is 12.6 Å². The van der Waals surface area contributed by atoms with Crippen LogP contribution in [0.3, 0.4) is 0 Å². The molecule has 4 bridgehead atoms. The third kappa shape index (κ3) is 2.42. The molecule has 0 spiro atoms. The first-order chi connectivity index (χ1) is 10.8. The van der Waals surface area contributed by atoms with Crippen molar-refractivity contribution in [3.8, 4) is 6.07 Å². The Hall–Kier alpha value is -1.30. The van der Waals surface area contributed by atoms with E-state index in [1.165, 1.54) is 32.1 Å². The Kier molecular flexibility index (Phi) is 4.07. The first-order valence-electron chi connectivity index (χ1n) is 9.14. The second-order valence-corrected chi connectivity index (χ2v) is 8.66. The molecule has 0 aromatic rings. The second kappa shape index (κ2) is 5.65. The summed E-state index contributed by atoms with van der Waals surface area (Å²) in [6, 6.07) is 2.09. The highest BCUT2D eigenvalue weighted by Gasteiger charge is 2.64. The molecular formula is C20H29NO2. The van der Waals surface area contributed by atoms with Crippen LogP contribution in [0.1, 0.15) is 59.8 Å².